The average Bonchev–Trinajstić information content (AvgIpc) is 2.79. The molecule has 0 unspecified atom stereocenters. The lowest BCUT2D eigenvalue weighted by molar-refractivity contribution is -0.119. The van der Waals surface area contributed by atoms with E-state index in [1.807, 2.05) is 45.0 Å². The van der Waals surface area contributed by atoms with Crippen LogP contribution in [0, 0.1) is 13.8 Å². The van der Waals surface area contributed by atoms with E-state index in [1.54, 1.807) is 36.4 Å². The summed E-state index contributed by atoms with van der Waals surface area (Å²) in [6, 6.07) is 20.7. The van der Waals surface area contributed by atoms with Crippen molar-refractivity contribution in [2.45, 2.75) is 25.7 Å². The van der Waals surface area contributed by atoms with Gasteiger partial charge < -0.3 is 4.74 Å². The number of hydrogen-bond donors (Lipinski definition) is 1. The zero-order valence-electron chi connectivity index (χ0n) is 18.9. The lowest BCUT2D eigenvalue weighted by atomic mass is 10.2. The molecule has 8 heteroatoms. The van der Waals surface area contributed by atoms with Crippen molar-refractivity contribution < 1.29 is 17.9 Å². The molecule has 0 bridgehead atoms. The third-order valence-electron chi connectivity index (χ3n) is 4.78. The molecule has 172 valence electrons. The topological polar surface area (TPSA) is 88.1 Å². The summed E-state index contributed by atoms with van der Waals surface area (Å²) >= 11 is 0. The third kappa shape index (κ3) is 6.43. The Balaban J connectivity index is 1.83. The van der Waals surface area contributed by atoms with Crippen LogP contribution in [0.1, 0.15) is 23.6 Å². The van der Waals surface area contributed by atoms with Crippen molar-refractivity contribution in [2.24, 2.45) is 5.10 Å². The van der Waals surface area contributed by atoms with Gasteiger partial charge in [0.1, 0.15) is 12.3 Å². The first-order chi connectivity index (χ1) is 15.8. The van der Waals surface area contributed by atoms with Crippen LogP contribution in [0.25, 0.3) is 0 Å². The molecule has 3 aromatic rings. The van der Waals surface area contributed by atoms with Crippen LogP contribution in [0.3, 0.4) is 0 Å². The largest absolute Gasteiger partial charge is 0.494 e. The second-order valence-corrected chi connectivity index (χ2v) is 9.32. The highest BCUT2D eigenvalue weighted by molar-refractivity contribution is 7.92. The van der Waals surface area contributed by atoms with Crippen molar-refractivity contribution in [1.29, 1.82) is 0 Å². The van der Waals surface area contributed by atoms with E-state index in [-0.39, 0.29) is 4.90 Å². The van der Waals surface area contributed by atoms with Gasteiger partial charge in [-0.05, 0) is 62.7 Å². The molecule has 3 rings (SSSR count). The first-order valence-electron chi connectivity index (χ1n) is 10.5. The minimum atomic E-state index is -4.01. The van der Waals surface area contributed by atoms with Gasteiger partial charge in [0, 0.05) is 0 Å². The van der Waals surface area contributed by atoms with Gasteiger partial charge in [-0.3, -0.25) is 9.10 Å². The predicted molar refractivity (Wildman–Crippen MR) is 130 cm³/mol. The maximum atomic E-state index is 13.4. The van der Waals surface area contributed by atoms with Crippen molar-refractivity contribution in [3.8, 4) is 5.75 Å². The van der Waals surface area contributed by atoms with Crippen LogP contribution in [0.4, 0.5) is 5.69 Å². The highest BCUT2D eigenvalue weighted by Gasteiger charge is 2.27. The summed E-state index contributed by atoms with van der Waals surface area (Å²) < 4.78 is 33.3. The molecule has 0 aliphatic rings. The molecule has 0 spiro atoms. The standard InChI is InChI=1S/C25H27N3O4S/c1-4-32-23-12-14-24(15-13-23)33(30,31)28(22-10-8-19(2)9-11-22)18-25(29)27-26-17-21-7-5-6-20(3)16-21/h5-17H,4,18H2,1-3H3,(H,27,29)/b26-17-. The zero-order valence-corrected chi connectivity index (χ0v) is 19.7. The minimum absolute atomic E-state index is 0.0580. The highest BCUT2D eigenvalue weighted by Crippen LogP contribution is 2.25. The van der Waals surface area contributed by atoms with Crippen LogP contribution in [0.15, 0.2) is 82.8 Å². The molecule has 0 heterocycles. The number of carbonyl (C=O) groups is 1. The van der Waals surface area contributed by atoms with Gasteiger partial charge in [0.2, 0.25) is 0 Å². The lowest BCUT2D eigenvalue weighted by Crippen LogP contribution is -2.39. The zero-order chi connectivity index (χ0) is 23.8. The van der Waals surface area contributed by atoms with Crippen molar-refractivity contribution in [3.63, 3.8) is 0 Å². The Kier molecular flexibility index (Phi) is 7.84. The van der Waals surface area contributed by atoms with Crippen LogP contribution < -0.4 is 14.5 Å². The number of amides is 1. The number of anilines is 1. The van der Waals surface area contributed by atoms with Gasteiger partial charge in [0.05, 0.1) is 23.4 Å². The molecule has 1 amide bonds. The monoisotopic (exact) mass is 465 g/mol. The molecular formula is C25H27N3O4S. The second-order valence-electron chi connectivity index (χ2n) is 7.46. The summed E-state index contributed by atoms with van der Waals surface area (Å²) in [7, 11) is -4.01. The number of rotatable bonds is 9. The molecule has 3 aromatic carbocycles. The Bertz CT molecular complexity index is 1220. The number of nitrogens with zero attached hydrogens (tertiary/aromatic N) is 2. The molecular weight excluding hydrogens is 438 g/mol. The predicted octanol–water partition coefficient (Wildman–Crippen LogP) is 4.05. The fourth-order valence-corrected chi connectivity index (χ4v) is 4.54. The molecule has 0 aromatic heterocycles. The second kappa shape index (κ2) is 10.8. The van der Waals surface area contributed by atoms with E-state index >= 15 is 0 Å². The maximum absolute atomic E-state index is 13.4. The molecule has 7 nitrogen and oxygen atoms in total. The maximum Gasteiger partial charge on any atom is 0.264 e. The Labute approximate surface area is 194 Å². The summed E-state index contributed by atoms with van der Waals surface area (Å²) in [6.07, 6.45) is 1.52. The number of nitrogens with one attached hydrogen (secondary N) is 1. The Morgan fingerprint density at radius 3 is 2.33 bits per heavy atom. The minimum Gasteiger partial charge on any atom is -0.494 e. The van der Waals surface area contributed by atoms with E-state index in [2.05, 4.69) is 10.5 Å². The number of aryl methyl sites for hydroxylation is 2. The molecule has 33 heavy (non-hydrogen) atoms. The van der Waals surface area contributed by atoms with Crippen molar-refractivity contribution in [3.05, 3.63) is 89.5 Å². The normalized spacial score (nSPS) is 11.4. The first kappa shape index (κ1) is 24.0. The van der Waals surface area contributed by atoms with Crippen molar-refractivity contribution in [2.75, 3.05) is 17.5 Å². The van der Waals surface area contributed by atoms with E-state index in [1.165, 1.54) is 18.3 Å². The average molecular weight is 466 g/mol. The van der Waals surface area contributed by atoms with Crippen LogP contribution >= 0.6 is 0 Å². The fourth-order valence-electron chi connectivity index (χ4n) is 3.12. The van der Waals surface area contributed by atoms with Crippen molar-refractivity contribution >= 4 is 27.8 Å². The van der Waals surface area contributed by atoms with E-state index in [0.717, 1.165) is 21.0 Å². The number of hydrogen-bond acceptors (Lipinski definition) is 5. The first-order valence-corrected chi connectivity index (χ1v) is 11.9. The quantitative estimate of drug-likeness (QED) is 0.381. The molecule has 0 atom stereocenters. The van der Waals surface area contributed by atoms with E-state index < -0.39 is 22.5 Å². The summed E-state index contributed by atoms with van der Waals surface area (Å²) in [5.41, 5.74) is 5.67. The smallest absolute Gasteiger partial charge is 0.264 e. The molecule has 0 fully saturated rings. The van der Waals surface area contributed by atoms with E-state index in [0.29, 0.717) is 18.0 Å². The number of ether oxygens (including phenoxy) is 1. The highest BCUT2D eigenvalue weighted by atomic mass is 32.2. The number of benzene rings is 3. The van der Waals surface area contributed by atoms with Crippen LogP contribution in [0.5, 0.6) is 5.75 Å². The number of sulfonamides is 1. The van der Waals surface area contributed by atoms with Gasteiger partial charge in [-0.15, -0.1) is 0 Å². The van der Waals surface area contributed by atoms with Gasteiger partial charge in [0.25, 0.3) is 15.9 Å². The SMILES string of the molecule is CCOc1ccc(S(=O)(=O)N(CC(=O)N/N=C\c2cccc(C)c2)c2ccc(C)cc2)cc1. The third-order valence-corrected chi connectivity index (χ3v) is 6.56. The van der Waals surface area contributed by atoms with Crippen LogP contribution in [-0.2, 0) is 14.8 Å². The van der Waals surface area contributed by atoms with Crippen LogP contribution in [-0.4, -0.2) is 33.7 Å². The van der Waals surface area contributed by atoms with Gasteiger partial charge in [0.15, 0.2) is 0 Å². The summed E-state index contributed by atoms with van der Waals surface area (Å²) in [6.45, 7) is 5.77. The van der Waals surface area contributed by atoms with E-state index in [4.69, 9.17) is 4.74 Å². The Morgan fingerprint density at radius 1 is 1.00 bits per heavy atom. The number of carbonyl (C=O) groups excluding carboxylic acids is 1. The molecule has 1 N–H and O–H groups in total. The number of hydrazone groups is 1. The molecule has 0 saturated carbocycles. The van der Waals surface area contributed by atoms with Gasteiger partial charge in [-0.2, -0.15) is 5.10 Å². The van der Waals surface area contributed by atoms with Gasteiger partial charge in [-0.1, -0.05) is 47.5 Å². The van der Waals surface area contributed by atoms with Gasteiger partial charge in [-0.25, -0.2) is 13.8 Å². The summed E-state index contributed by atoms with van der Waals surface area (Å²) in [4.78, 5) is 12.7. The summed E-state index contributed by atoms with van der Waals surface area (Å²) in [5, 5.41) is 3.97. The van der Waals surface area contributed by atoms with Crippen molar-refractivity contribution in [1.82, 2.24) is 5.43 Å². The lowest BCUT2D eigenvalue weighted by Gasteiger charge is -2.24. The van der Waals surface area contributed by atoms with Crippen LogP contribution in [0.2, 0.25) is 0 Å². The fraction of sp³-hybridized carbons (Fsp3) is 0.200. The Morgan fingerprint density at radius 2 is 1.70 bits per heavy atom. The Hall–Kier alpha value is -3.65. The molecule has 0 aliphatic heterocycles. The van der Waals surface area contributed by atoms with E-state index in [9.17, 15) is 13.2 Å². The summed E-state index contributed by atoms with van der Waals surface area (Å²) in [5.74, 6) is 0.00977. The molecule has 0 radical (unpaired) electrons. The van der Waals surface area contributed by atoms with Gasteiger partial charge >= 0.3 is 0 Å². The molecule has 0 aliphatic carbocycles. The molecule has 0 saturated heterocycles.